The summed E-state index contributed by atoms with van der Waals surface area (Å²) < 4.78 is 13.0. The third-order valence-electron chi connectivity index (χ3n) is 4.24. The van der Waals surface area contributed by atoms with Crippen LogP contribution in [0.25, 0.3) is 16.5 Å². The zero-order chi connectivity index (χ0) is 22.2. The Kier molecular flexibility index (Phi) is 7.29. The van der Waals surface area contributed by atoms with Crippen molar-refractivity contribution in [3.05, 3.63) is 89.1 Å². The number of nitrogens with one attached hydrogen (secondary N) is 3. The van der Waals surface area contributed by atoms with E-state index in [1.54, 1.807) is 30.3 Å². The molecule has 2 aromatic carbocycles. The van der Waals surface area contributed by atoms with Crippen LogP contribution >= 0.6 is 11.3 Å². The lowest BCUT2D eigenvalue weighted by molar-refractivity contribution is -0.127. The Balaban J connectivity index is 1.48. The standard InChI is InChI=1S/C23H20FN3O3S/c1-15(25-21(28)14-7-16-5-3-2-4-6-16)22(29)26-27-23(30)20-13-12-19(31-20)17-8-10-18(24)11-9-17/h2-15H,1H3,(H,25,28)(H,26,29)(H,27,30)/b14-7+. The fourth-order valence-corrected chi connectivity index (χ4v) is 3.49. The minimum Gasteiger partial charge on any atom is -0.341 e. The summed E-state index contributed by atoms with van der Waals surface area (Å²) in [6.07, 6.45) is 2.97. The molecule has 3 aromatic rings. The Bertz CT molecular complexity index is 1090. The summed E-state index contributed by atoms with van der Waals surface area (Å²) in [7, 11) is 0. The Hall–Kier alpha value is -3.78. The van der Waals surface area contributed by atoms with Crippen LogP contribution in [0.2, 0.25) is 0 Å². The Morgan fingerprint density at radius 2 is 1.65 bits per heavy atom. The van der Waals surface area contributed by atoms with Crippen LogP contribution in [-0.2, 0) is 9.59 Å². The van der Waals surface area contributed by atoms with Gasteiger partial charge in [0.05, 0.1) is 4.88 Å². The lowest BCUT2D eigenvalue weighted by Gasteiger charge is -2.13. The molecule has 0 spiro atoms. The van der Waals surface area contributed by atoms with Crippen LogP contribution in [0.3, 0.4) is 0 Å². The van der Waals surface area contributed by atoms with E-state index in [0.29, 0.717) is 4.88 Å². The quantitative estimate of drug-likeness (QED) is 0.407. The third-order valence-corrected chi connectivity index (χ3v) is 5.37. The van der Waals surface area contributed by atoms with Gasteiger partial charge in [-0.05, 0) is 48.4 Å². The van der Waals surface area contributed by atoms with Crippen molar-refractivity contribution < 1.29 is 18.8 Å². The molecule has 0 aliphatic carbocycles. The van der Waals surface area contributed by atoms with Crippen LogP contribution in [-0.4, -0.2) is 23.8 Å². The number of carbonyl (C=O) groups excluding carboxylic acids is 3. The minimum absolute atomic E-state index is 0.335. The molecule has 1 heterocycles. The van der Waals surface area contributed by atoms with Gasteiger partial charge in [0, 0.05) is 11.0 Å². The molecule has 3 amide bonds. The number of halogens is 1. The molecule has 31 heavy (non-hydrogen) atoms. The molecule has 1 unspecified atom stereocenters. The molecule has 0 saturated heterocycles. The molecule has 0 saturated carbocycles. The minimum atomic E-state index is -0.855. The summed E-state index contributed by atoms with van der Waals surface area (Å²) in [4.78, 5) is 37.6. The van der Waals surface area contributed by atoms with Crippen molar-refractivity contribution in [2.24, 2.45) is 0 Å². The van der Waals surface area contributed by atoms with Crippen LogP contribution in [0.15, 0.2) is 72.8 Å². The maximum atomic E-state index is 13.0. The van der Waals surface area contributed by atoms with Gasteiger partial charge in [-0.25, -0.2) is 4.39 Å². The second kappa shape index (κ2) is 10.3. The molecule has 0 aliphatic rings. The Morgan fingerprint density at radius 3 is 2.35 bits per heavy atom. The topological polar surface area (TPSA) is 87.3 Å². The highest BCUT2D eigenvalue weighted by atomic mass is 32.1. The van der Waals surface area contributed by atoms with Gasteiger partial charge >= 0.3 is 0 Å². The first-order chi connectivity index (χ1) is 14.9. The third kappa shape index (κ3) is 6.35. The van der Waals surface area contributed by atoms with E-state index in [9.17, 15) is 18.8 Å². The molecule has 3 rings (SSSR count). The first kappa shape index (κ1) is 21.9. The fraction of sp³-hybridized carbons (Fsp3) is 0.0870. The van der Waals surface area contributed by atoms with Crippen LogP contribution in [0.5, 0.6) is 0 Å². The second-order valence-corrected chi connectivity index (χ2v) is 7.67. The van der Waals surface area contributed by atoms with Gasteiger partial charge in [-0.1, -0.05) is 42.5 Å². The Morgan fingerprint density at radius 1 is 0.935 bits per heavy atom. The largest absolute Gasteiger partial charge is 0.341 e. The highest BCUT2D eigenvalue weighted by Crippen LogP contribution is 2.28. The van der Waals surface area contributed by atoms with E-state index >= 15 is 0 Å². The smallest absolute Gasteiger partial charge is 0.279 e. The molecule has 1 atom stereocenters. The predicted molar refractivity (Wildman–Crippen MR) is 118 cm³/mol. The van der Waals surface area contributed by atoms with Crippen LogP contribution < -0.4 is 16.2 Å². The Labute approximate surface area is 182 Å². The molecule has 1 aromatic heterocycles. The van der Waals surface area contributed by atoms with Gasteiger partial charge in [0.1, 0.15) is 11.9 Å². The van der Waals surface area contributed by atoms with Gasteiger partial charge in [-0.15, -0.1) is 11.3 Å². The van der Waals surface area contributed by atoms with Crippen molar-refractivity contribution in [3.8, 4) is 10.4 Å². The molecule has 158 valence electrons. The van der Waals surface area contributed by atoms with Gasteiger partial charge in [0.2, 0.25) is 5.91 Å². The molecule has 0 fully saturated rings. The van der Waals surface area contributed by atoms with Crippen LogP contribution in [0.4, 0.5) is 4.39 Å². The van der Waals surface area contributed by atoms with Crippen molar-refractivity contribution in [1.82, 2.24) is 16.2 Å². The van der Waals surface area contributed by atoms with E-state index in [0.717, 1.165) is 16.0 Å². The number of thiophene rings is 1. The monoisotopic (exact) mass is 437 g/mol. The van der Waals surface area contributed by atoms with Gasteiger partial charge < -0.3 is 5.32 Å². The summed E-state index contributed by atoms with van der Waals surface area (Å²) in [5, 5.41) is 2.53. The number of hydrogen-bond acceptors (Lipinski definition) is 4. The number of carbonyl (C=O) groups is 3. The molecule has 8 heteroatoms. The summed E-state index contributed by atoms with van der Waals surface area (Å²) in [5.41, 5.74) is 6.27. The van der Waals surface area contributed by atoms with E-state index in [-0.39, 0.29) is 5.82 Å². The average molecular weight is 437 g/mol. The maximum absolute atomic E-state index is 13.0. The normalized spacial score (nSPS) is 11.7. The van der Waals surface area contributed by atoms with E-state index in [4.69, 9.17) is 0 Å². The zero-order valence-corrected chi connectivity index (χ0v) is 17.4. The molecule has 6 nitrogen and oxygen atoms in total. The summed E-state index contributed by atoms with van der Waals surface area (Å²) in [6, 6.07) is 17.7. The maximum Gasteiger partial charge on any atom is 0.279 e. The first-order valence-corrected chi connectivity index (χ1v) is 10.2. The molecular formula is C23H20FN3O3S. The predicted octanol–water partition coefficient (Wildman–Crippen LogP) is 3.53. The van der Waals surface area contributed by atoms with Crippen molar-refractivity contribution in [2.45, 2.75) is 13.0 Å². The van der Waals surface area contributed by atoms with E-state index in [1.807, 2.05) is 30.3 Å². The lowest BCUT2D eigenvalue weighted by atomic mass is 10.2. The molecular weight excluding hydrogens is 417 g/mol. The number of rotatable bonds is 6. The number of hydrogen-bond donors (Lipinski definition) is 3. The van der Waals surface area contributed by atoms with Crippen LogP contribution in [0, 0.1) is 5.82 Å². The molecule has 0 aliphatic heterocycles. The highest BCUT2D eigenvalue weighted by molar-refractivity contribution is 7.17. The highest BCUT2D eigenvalue weighted by Gasteiger charge is 2.16. The van der Waals surface area contributed by atoms with Crippen molar-refractivity contribution in [2.75, 3.05) is 0 Å². The summed E-state index contributed by atoms with van der Waals surface area (Å²) in [6.45, 7) is 1.51. The van der Waals surface area contributed by atoms with E-state index in [1.165, 1.54) is 36.5 Å². The average Bonchev–Trinajstić information content (AvgIpc) is 3.27. The van der Waals surface area contributed by atoms with Gasteiger partial charge in [0.15, 0.2) is 0 Å². The van der Waals surface area contributed by atoms with Crippen molar-refractivity contribution in [3.63, 3.8) is 0 Å². The van der Waals surface area contributed by atoms with Gasteiger partial charge in [-0.3, -0.25) is 25.2 Å². The van der Waals surface area contributed by atoms with E-state index in [2.05, 4.69) is 16.2 Å². The van der Waals surface area contributed by atoms with Gasteiger partial charge in [-0.2, -0.15) is 0 Å². The number of amides is 3. The molecule has 3 N–H and O–H groups in total. The SMILES string of the molecule is CC(NC(=O)/C=C/c1ccccc1)C(=O)NNC(=O)c1ccc(-c2ccc(F)cc2)s1. The second-order valence-electron chi connectivity index (χ2n) is 6.59. The summed E-state index contributed by atoms with van der Waals surface area (Å²) in [5.74, 6) is -1.82. The number of hydrazine groups is 1. The van der Waals surface area contributed by atoms with Gasteiger partial charge in [0.25, 0.3) is 11.8 Å². The molecule has 0 radical (unpaired) electrons. The summed E-state index contributed by atoms with van der Waals surface area (Å²) >= 11 is 1.21. The zero-order valence-electron chi connectivity index (χ0n) is 16.6. The van der Waals surface area contributed by atoms with Crippen molar-refractivity contribution in [1.29, 1.82) is 0 Å². The first-order valence-electron chi connectivity index (χ1n) is 9.42. The van der Waals surface area contributed by atoms with Crippen LogP contribution in [0.1, 0.15) is 22.2 Å². The fourth-order valence-electron chi connectivity index (χ4n) is 2.58. The molecule has 0 bridgehead atoms. The lowest BCUT2D eigenvalue weighted by Crippen LogP contribution is -2.50. The number of benzene rings is 2. The van der Waals surface area contributed by atoms with Crippen molar-refractivity contribution >= 4 is 35.1 Å². The van der Waals surface area contributed by atoms with E-state index < -0.39 is 23.8 Å².